The standard InChI is InChI=1S/C14H21Br.C14H2.BrH.9H2/c1-11(2)9-10-14(3,4)12-5-7-13(15)8-6-12;1-3-5-7-9-11-13-14-12-10-8-6-4-2;;;;;;;;;;/h5-8,11H,9-10H2,1-4H3;1-2H;10*1H. The number of rotatable bonds is 4. The van der Waals surface area contributed by atoms with Crippen LogP contribution in [0.2, 0.25) is 0 Å². The molecule has 0 aliphatic rings. The third-order valence-corrected chi connectivity index (χ3v) is 4.21. The second-order valence-corrected chi connectivity index (χ2v) is 7.78. The van der Waals surface area contributed by atoms with Gasteiger partial charge in [-0.3, -0.25) is 0 Å². The maximum absolute atomic E-state index is 4.86. The normalized spacial score (nSPS) is 7.73. The minimum atomic E-state index is 0. The van der Waals surface area contributed by atoms with Gasteiger partial charge in [-0.1, -0.05) is 62.2 Å². The first-order chi connectivity index (χ1) is 13.8. The van der Waals surface area contributed by atoms with E-state index in [1.54, 1.807) is 0 Å². The quantitative estimate of drug-likeness (QED) is 0.339. The summed E-state index contributed by atoms with van der Waals surface area (Å²) < 4.78 is 1.16. The van der Waals surface area contributed by atoms with Crippen LogP contribution < -0.4 is 0 Å². The van der Waals surface area contributed by atoms with Crippen molar-refractivity contribution in [2.45, 2.75) is 46.0 Å². The monoisotopic (exact) mass is 536 g/mol. The molecule has 0 nitrogen and oxygen atoms in total. The van der Waals surface area contributed by atoms with Gasteiger partial charge >= 0.3 is 0 Å². The Morgan fingerprint density at radius 3 is 1.50 bits per heavy atom. The van der Waals surface area contributed by atoms with E-state index < -0.39 is 0 Å². The Morgan fingerprint density at radius 1 is 0.800 bits per heavy atom. The second kappa shape index (κ2) is 18.1. The number of benzene rings is 1. The lowest BCUT2D eigenvalue weighted by molar-refractivity contribution is 0.414. The first kappa shape index (κ1) is 29.3. The molecule has 30 heavy (non-hydrogen) atoms. The maximum Gasteiger partial charge on any atom is 0.0175 e. The van der Waals surface area contributed by atoms with Crippen molar-refractivity contribution in [3.05, 3.63) is 34.3 Å². The minimum Gasteiger partial charge on any atom is -0.114 e. The highest BCUT2D eigenvalue weighted by molar-refractivity contribution is 9.10. The number of halogens is 2. The lowest BCUT2D eigenvalue weighted by Crippen LogP contribution is -2.17. The molecule has 0 N–H and O–H groups in total. The molecule has 0 aliphatic heterocycles. The number of terminal acetylenes is 2. The van der Waals surface area contributed by atoms with Crippen molar-refractivity contribution < 1.29 is 12.8 Å². The second-order valence-electron chi connectivity index (χ2n) is 6.86. The zero-order chi connectivity index (χ0) is 22.0. The van der Waals surface area contributed by atoms with E-state index in [0.717, 1.165) is 10.4 Å². The fourth-order valence-corrected chi connectivity index (χ4v) is 2.28. The summed E-state index contributed by atoms with van der Waals surface area (Å²) in [6, 6.07) is 8.72. The molecule has 0 saturated carbocycles. The Labute approximate surface area is 215 Å². The molecule has 0 spiro atoms. The smallest absolute Gasteiger partial charge is 0.0175 e. The first-order valence-electron chi connectivity index (χ1n) is 9.00. The summed E-state index contributed by atoms with van der Waals surface area (Å²) in [6.45, 7) is 9.24. The highest BCUT2D eigenvalue weighted by Crippen LogP contribution is 2.30. The third-order valence-electron chi connectivity index (χ3n) is 3.68. The molecule has 168 valence electrons. The largest absolute Gasteiger partial charge is 0.114 e. The van der Waals surface area contributed by atoms with Crippen LogP contribution in [0.4, 0.5) is 0 Å². The van der Waals surface area contributed by atoms with Gasteiger partial charge in [0.25, 0.3) is 0 Å². The van der Waals surface area contributed by atoms with Crippen molar-refractivity contribution >= 4 is 32.9 Å². The topological polar surface area (TPSA) is 0 Å². The van der Waals surface area contributed by atoms with E-state index in [9.17, 15) is 0 Å². The molecule has 0 aromatic heterocycles. The lowest BCUT2D eigenvalue weighted by Gasteiger charge is -2.26. The van der Waals surface area contributed by atoms with Gasteiger partial charge in [0.2, 0.25) is 0 Å². The minimum absolute atomic E-state index is 0. The summed E-state index contributed by atoms with van der Waals surface area (Å²) >= 11 is 3.47. The molecule has 0 fully saturated rings. The molecular formula is C28H42Br2. The van der Waals surface area contributed by atoms with Gasteiger partial charge in [-0.05, 0) is 106 Å². The molecule has 0 atom stereocenters. The highest BCUT2D eigenvalue weighted by Gasteiger charge is 2.20. The van der Waals surface area contributed by atoms with Crippen LogP contribution in [0.15, 0.2) is 28.7 Å². The molecule has 0 unspecified atom stereocenters. The molecule has 0 saturated heterocycles. The average molecular weight is 538 g/mol. The first-order valence-corrected chi connectivity index (χ1v) is 9.80. The molecular weight excluding hydrogens is 496 g/mol. The Bertz CT molecular complexity index is 1020. The zero-order valence-electron chi connectivity index (χ0n) is 17.7. The SMILES string of the molecule is Br.C#CC#CC#CC#CC#CC#CC#C.CC(C)CCC(C)(C)c1ccc(Br)cc1.[HH].[HH].[HH].[HH].[HH].[HH].[HH].[HH].[HH]. The van der Waals surface area contributed by atoms with Crippen molar-refractivity contribution in [1.82, 2.24) is 0 Å². The van der Waals surface area contributed by atoms with Gasteiger partial charge < -0.3 is 0 Å². The van der Waals surface area contributed by atoms with Crippen LogP contribution in [-0.4, -0.2) is 0 Å². The maximum atomic E-state index is 4.86. The summed E-state index contributed by atoms with van der Waals surface area (Å²) in [4.78, 5) is 0. The fraction of sp³-hybridized carbons (Fsp3) is 0.286. The van der Waals surface area contributed by atoms with Crippen LogP contribution in [0.3, 0.4) is 0 Å². The Hall–Kier alpha value is -2.90. The van der Waals surface area contributed by atoms with E-state index in [0.29, 0.717) is 5.41 Å². The van der Waals surface area contributed by atoms with E-state index in [-0.39, 0.29) is 29.8 Å². The molecule has 2 heteroatoms. The fourth-order valence-electron chi connectivity index (χ4n) is 2.02. The van der Waals surface area contributed by atoms with E-state index >= 15 is 0 Å². The molecule has 0 aliphatic carbocycles. The summed E-state index contributed by atoms with van der Waals surface area (Å²) in [5.41, 5.74) is 1.73. The molecule has 0 heterocycles. The van der Waals surface area contributed by atoms with Gasteiger partial charge in [0.15, 0.2) is 0 Å². The molecule has 0 bridgehead atoms. The van der Waals surface area contributed by atoms with Crippen LogP contribution in [-0.2, 0) is 5.41 Å². The van der Waals surface area contributed by atoms with E-state index in [2.05, 4.69) is 139 Å². The number of hydrogen-bond acceptors (Lipinski definition) is 0. The van der Waals surface area contributed by atoms with Crippen LogP contribution in [0, 0.1) is 89.8 Å². The van der Waals surface area contributed by atoms with Crippen LogP contribution in [0.1, 0.15) is 58.9 Å². The summed E-state index contributed by atoms with van der Waals surface area (Å²) in [5, 5.41) is 0. The van der Waals surface area contributed by atoms with E-state index in [1.807, 2.05) is 0 Å². The summed E-state index contributed by atoms with van der Waals surface area (Å²) in [5.74, 6) is 29.1. The van der Waals surface area contributed by atoms with E-state index in [4.69, 9.17) is 12.8 Å². The van der Waals surface area contributed by atoms with Gasteiger partial charge in [0.1, 0.15) is 0 Å². The van der Waals surface area contributed by atoms with Crippen molar-refractivity contribution in [2.75, 3.05) is 0 Å². The van der Waals surface area contributed by atoms with Crippen molar-refractivity contribution in [3.63, 3.8) is 0 Å². The molecule has 1 aromatic carbocycles. The van der Waals surface area contributed by atoms with Crippen LogP contribution in [0.25, 0.3) is 0 Å². The van der Waals surface area contributed by atoms with Gasteiger partial charge in [-0.25, -0.2) is 0 Å². The third kappa shape index (κ3) is 16.1. The predicted molar refractivity (Wildman–Crippen MR) is 157 cm³/mol. The molecule has 0 radical (unpaired) electrons. The predicted octanol–water partition coefficient (Wildman–Crippen LogP) is 8.22. The Morgan fingerprint density at radius 2 is 1.17 bits per heavy atom. The van der Waals surface area contributed by atoms with Crippen LogP contribution in [0.5, 0.6) is 0 Å². The van der Waals surface area contributed by atoms with E-state index in [1.165, 1.54) is 18.4 Å². The molecule has 1 aromatic rings. The number of hydrogen-bond donors (Lipinski definition) is 0. The summed E-state index contributed by atoms with van der Waals surface area (Å²) in [6.07, 6.45) is 12.3. The van der Waals surface area contributed by atoms with Gasteiger partial charge in [-0.15, -0.1) is 29.8 Å². The van der Waals surface area contributed by atoms with Gasteiger partial charge in [-0.2, -0.15) is 0 Å². The zero-order valence-corrected chi connectivity index (χ0v) is 21.0. The molecule has 1 rings (SSSR count). The summed E-state index contributed by atoms with van der Waals surface area (Å²) in [7, 11) is 0. The Kier molecular flexibility index (Phi) is 17.7. The van der Waals surface area contributed by atoms with Gasteiger partial charge in [0, 0.05) is 17.3 Å². The average Bonchev–Trinajstić information content (AvgIpc) is 2.69. The Balaban J connectivity index is -0.0000000356. The van der Waals surface area contributed by atoms with Gasteiger partial charge in [0.05, 0.1) is 0 Å². The highest BCUT2D eigenvalue weighted by atomic mass is 79.9. The van der Waals surface area contributed by atoms with Crippen molar-refractivity contribution in [3.8, 4) is 83.9 Å². The lowest BCUT2D eigenvalue weighted by atomic mass is 9.79. The van der Waals surface area contributed by atoms with Crippen molar-refractivity contribution in [1.29, 1.82) is 0 Å². The van der Waals surface area contributed by atoms with Crippen molar-refractivity contribution in [2.24, 2.45) is 5.92 Å². The molecule has 0 amide bonds. The van der Waals surface area contributed by atoms with Crippen LogP contribution >= 0.6 is 32.9 Å².